The van der Waals surface area contributed by atoms with E-state index in [9.17, 15) is 9.18 Å². The third-order valence-electron chi connectivity index (χ3n) is 6.55. The third kappa shape index (κ3) is 2.93. The molecule has 0 radical (unpaired) electrons. The lowest BCUT2D eigenvalue weighted by Crippen LogP contribution is -2.61. The molecule has 2 saturated heterocycles. The average molecular weight is 379 g/mol. The topological polar surface area (TPSA) is 26.8 Å². The van der Waals surface area contributed by atoms with Crippen LogP contribution < -0.4 is 9.80 Å². The zero-order valence-electron chi connectivity index (χ0n) is 16.1. The van der Waals surface area contributed by atoms with E-state index in [1.807, 2.05) is 17.0 Å². The molecule has 0 aliphatic carbocycles. The van der Waals surface area contributed by atoms with Crippen molar-refractivity contribution in [1.82, 2.24) is 4.90 Å². The molecule has 2 aromatic carbocycles. The number of fused-ring (bicyclic) bond motifs is 3. The molecular weight excluding hydrogens is 353 g/mol. The van der Waals surface area contributed by atoms with Gasteiger partial charge in [0.05, 0.1) is 17.6 Å². The number of rotatable bonds is 2. The van der Waals surface area contributed by atoms with Crippen LogP contribution >= 0.6 is 0 Å². The Labute approximate surface area is 165 Å². The van der Waals surface area contributed by atoms with Crippen LogP contribution in [0.5, 0.6) is 0 Å². The summed E-state index contributed by atoms with van der Waals surface area (Å²) in [5, 5.41) is 0. The molecule has 0 N–H and O–H groups in total. The largest absolute Gasteiger partial charge is 0.365 e. The van der Waals surface area contributed by atoms with E-state index in [-0.39, 0.29) is 23.7 Å². The van der Waals surface area contributed by atoms with Gasteiger partial charge < -0.3 is 14.7 Å². The monoisotopic (exact) mass is 379 g/mol. The van der Waals surface area contributed by atoms with Gasteiger partial charge in [-0.2, -0.15) is 0 Å². The number of piperazine rings is 1. The van der Waals surface area contributed by atoms with Crippen molar-refractivity contribution in [2.45, 2.75) is 25.3 Å². The lowest BCUT2D eigenvalue weighted by Gasteiger charge is -2.50. The summed E-state index contributed by atoms with van der Waals surface area (Å²) in [5.74, 6) is 0.0227. The van der Waals surface area contributed by atoms with Gasteiger partial charge in [-0.15, -0.1) is 0 Å². The first kappa shape index (κ1) is 17.5. The molecule has 4 nitrogen and oxygen atoms in total. The molecule has 2 aromatic rings. The summed E-state index contributed by atoms with van der Waals surface area (Å²) < 4.78 is 14.4. The van der Waals surface area contributed by atoms with Crippen molar-refractivity contribution >= 4 is 17.3 Å². The fraction of sp³-hybridized carbons (Fsp3) is 0.435. The highest BCUT2D eigenvalue weighted by Crippen LogP contribution is 2.38. The zero-order chi connectivity index (χ0) is 19.1. The van der Waals surface area contributed by atoms with Crippen LogP contribution in [0.1, 0.15) is 18.4 Å². The molecule has 3 heterocycles. The first-order valence-electron chi connectivity index (χ1n) is 10.4. The highest BCUT2D eigenvalue weighted by atomic mass is 19.1. The molecule has 1 amide bonds. The Hall–Kier alpha value is -2.56. The second kappa shape index (κ2) is 7.12. The van der Waals surface area contributed by atoms with Crippen LogP contribution in [0.4, 0.5) is 15.8 Å². The maximum atomic E-state index is 14.4. The molecule has 0 bridgehead atoms. The summed E-state index contributed by atoms with van der Waals surface area (Å²) in [4.78, 5) is 19.9. The maximum absolute atomic E-state index is 14.4. The predicted octanol–water partition coefficient (Wildman–Crippen LogP) is 3.32. The number of amides is 1. The lowest BCUT2D eigenvalue weighted by atomic mass is 9.83. The molecule has 28 heavy (non-hydrogen) atoms. The number of hydrogen-bond donors (Lipinski definition) is 0. The van der Waals surface area contributed by atoms with Crippen molar-refractivity contribution in [3.63, 3.8) is 0 Å². The minimum Gasteiger partial charge on any atom is -0.365 e. The summed E-state index contributed by atoms with van der Waals surface area (Å²) in [7, 11) is 0. The van der Waals surface area contributed by atoms with Crippen molar-refractivity contribution in [1.29, 1.82) is 0 Å². The summed E-state index contributed by atoms with van der Waals surface area (Å²) in [6.45, 7) is 4.00. The van der Waals surface area contributed by atoms with Gasteiger partial charge in [0.2, 0.25) is 5.91 Å². The van der Waals surface area contributed by atoms with Crippen LogP contribution in [0.25, 0.3) is 0 Å². The molecule has 5 rings (SSSR count). The highest BCUT2D eigenvalue weighted by molar-refractivity contribution is 5.82. The van der Waals surface area contributed by atoms with Gasteiger partial charge in [-0.1, -0.05) is 30.3 Å². The average Bonchev–Trinajstić information content (AvgIpc) is 3.27. The quantitative estimate of drug-likeness (QED) is 0.801. The first-order valence-corrected chi connectivity index (χ1v) is 10.4. The van der Waals surface area contributed by atoms with Gasteiger partial charge in [0.1, 0.15) is 5.82 Å². The van der Waals surface area contributed by atoms with E-state index < -0.39 is 0 Å². The smallest absolute Gasteiger partial charge is 0.228 e. The Morgan fingerprint density at radius 2 is 1.61 bits per heavy atom. The Balaban J connectivity index is 1.48. The number of benzene rings is 2. The Morgan fingerprint density at radius 1 is 0.893 bits per heavy atom. The minimum atomic E-state index is -0.186. The minimum absolute atomic E-state index is 0.0671. The number of halogens is 1. The number of carbonyl (C=O) groups excluding carboxylic acids is 1. The Bertz CT molecular complexity index is 880. The SMILES string of the molecule is O=C([C@@H]1Cc2ccccc2N2CCN(c3ccccc3F)C[C@H]12)N1CCCC1. The molecule has 146 valence electrons. The summed E-state index contributed by atoms with van der Waals surface area (Å²) in [5.41, 5.74) is 3.15. The fourth-order valence-electron chi connectivity index (χ4n) is 5.14. The molecule has 0 unspecified atom stereocenters. The van der Waals surface area contributed by atoms with Crippen LogP contribution in [0.3, 0.4) is 0 Å². The molecule has 3 aliphatic heterocycles. The van der Waals surface area contributed by atoms with Crippen LogP contribution in [0.15, 0.2) is 48.5 Å². The van der Waals surface area contributed by atoms with Gasteiger partial charge in [0, 0.05) is 38.4 Å². The van der Waals surface area contributed by atoms with Crippen LogP contribution in [-0.4, -0.2) is 49.6 Å². The van der Waals surface area contributed by atoms with Crippen LogP contribution in [-0.2, 0) is 11.2 Å². The van der Waals surface area contributed by atoms with Gasteiger partial charge >= 0.3 is 0 Å². The van der Waals surface area contributed by atoms with Crippen LogP contribution in [0, 0.1) is 11.7 Å². The molecule has 0 saturated carbocycles. The number of anilines is 2. The van der Waals surface area contributed by atoms with Crippen molar-refractivity contribution < 1.29 is 9.18 Å². The Kier molecular flexibility index (Phi) is 4.46. The standard InChI is InChI=1S/C23H26FN3O/c24-19-8-2-4-10-21(19)26-13-14-27-20-9-3-1-7-17(20)15-18(22(27)16-26)23(28)25-11-5-6-12-25/h1-4,7-10,18,22H,5-6,11-16H2/t18-,22-/m1/s1. The normalized spacial score (nSPS) is 24.1. The Morgan fingerprint density at radius 3 is 2.39 bits per heavy atom. The van der Waals surface area contributed by atoms with Gasteiger partial charge in [-0.3, -0.25) is 4.79 Å². The molecule has 0 aromatic heterocycles. The molecule has 5 heteroatoms. The van der Waals surface area contributed by atoms with Crippen molar-refractivity contribution in [2.24, 2.45) is 5.92 Å². The van der Waals surface area contributed by atoms with Gasteiger partial charge in [-0.25, -0.2) is 4.39 Å². The lowest BCUT2D eigenvalue weighted by molar-refractivity contribution is -0.135. The number of nitrogens with zero attached hydrogens (tertiary/aromatic N) is 3. The highest BCUT2D eigenvalue weighted by Gasteiger charge is 2.43. The van der Waals surface area contributed by atoms with E-state index in [0.717, 1.165) is 45.4 Å². The van der Waals surface area contributed by atoms with Crippen LogP contribution in [0.2, 0.25) is 0 Å². The molecule has 0 spiro atoms. The van der Waals surface area contributed by atoms with E-state index >= 15 is 0 Å². The predicted molar refractivity (Wildman–Crippen MR) is 109 cm³/mol. The van der Waals surface area contributed by atoms with Crippen molar-refractivity contribution in [3.05, 3.63) is 59.9 Å². The van der Waals surface area contributed by atoms with Crippen molar-refractivity contribution in [3.8, 4) is 0 Å². The van der Waals surface area contributed by atoms with E-state index in [1.165, 1.54) is 17.3 Å². The van der Waals surface area contributed by atoms with E-state index in [0.29, 0.717) is 12.2 Å². The number of likely N-dealkylation sites (tertiary alicyclic amines) is 1. The summed E-state index contributed by atoms with van der Waals surface area (Å²) in [6, 6.07) is 15.5. The number of para-hydroxylation sites is 2. The first-order chi connectivity index (χ1) is 13.7. The van der Waals surface area contributed by atoms with Crippen molar-refractivity contribution in [2.75, 3.05) is 42.5 Å². The second-order valence-electron chi connectivity index (χ2n) is 8.13. The van der Waals surface area contributed by atoms with Gasteiger partial charge in [-0.05, 0) is 43.0 Å². The summed E-state index contributed by atoms with van der Waals surface area (Å²) in [6.07, 6.45) is 2.98. The van der Waals surface area contributed by atoms with Gasteiger partial charge in [0.15, 0.2) is 0 Å². The zero-order valence-corrected chi connectivity index (χ0v) is 16.1. The van der Waals surface area contributed by atoms with E-state index in [4.69, 9.17) is 0 Å². The number of carbonyl (C=O) groups is 1. The molecular formula is C23H26FN3O. The molecule has 2 fully saturated rings. The molecule has 2 atom stereocenters. The fourth-order valence-corrected chi connectivity index (χ4v) is 5.14. The third-order valence-corrected chi connectivity index (χ3v) is 6.55. The number of hydrogen-bond acceptors (Lipinski definition) is 3. The van der Waals surface area contributed by atoms with E-state index in [2.05, 4.69) is 34.1 Å². The second-order valence-corrected chi connectivity index (χ2v) is 8.13. The van der Waals surface area contributed by atoms with E-state index in [1.54, 1.807) is 6.07 Å². The summed E-state index contributed by atoms with van der Waals surface area (Å²) >= 11 is 0. The maximum Gasteiger partial charge on any atom is 0.228 e. The molecule has 3 aliphatic rings. The van der Waals surface area contributed by atoms with Gasteiger partial charge in [0.25, 0.3) is 0 Å².